The van der Waals surface area contributed by atoms with Gasteiger partial charge in [-0.15, -0.1) is 0 Å². The fraction of sp³-hybridized carbons (Fsp3) is 0.600. The van der Waals surface area contributed by atoms with E-state index in [1.807, 2.05) is 6.20 Å². The lowest BCUT2D eigenvalue weighted by molar-refractivity contribution is 0.861. The summed E-state index contributed by atoms with van der Waals surface area (Å²) in [7, 11) is 0. The van der Waals surface area contributed by atoms with Gasteiger partial charge in [-0.2, -0.15) is 0 Å². The lowest BCUT2D eigenvalue weighted by Gasteiger charge is -2.04. The van der Waals surface area contributed by atoms with Gasteiger partial charge in [-0.25, -0.2) is 0 Å². The van der Waals surface area contributed by atoms with Crippen LogP contribution in [-0.4, -0.2) is 9.97 Å². The minimum Gasteiger partial charge on any atom is -0.258 e. The Hall–Kier alpha value is -0.920. The van der Waals surface area contributed by atoms with Crippen molar-refractivity contribution in [3.05, 3.63) is 23.3 Å². The van der Waals surface area contributed by atoms with Crippen LogP contribution in [-0.2, 0) is 19.3 Å². The van der Waals surface area contributed by atoms with Crippen LogP contribution in [0.25, 0.3) is 0 Å². The maximum absolute atomic E-state index is 4.52. The SMILES string of the molecule is CCc1cnc(CC)c(CC)n1. The first kappa shape index (κ1) is 9.17. The summed E-state index contributed by atoms with van der Waals surface area (Å²) in [6.45, 7) is 6.35. The molecule has 0 atom stereocenters. The van der Waals surface area contributed by atoms with Crippen molar-refractivity contribution >= 4 is 0 Å². The van der Waals surface area contributed by atoms with Gasteiger partial charge < -0.3 is 0 Å². The average Bonchev–Trinajstić information content (AvgIpc) is 2.16. The molecule has 2 heteroatoms. The summed E-state index contributed by atoms with van der Waals surface area (Å²) >= 11 is 0. The van der Waals surface area contributed by atoms with E-state index < -0.39 is 0 Å². The molecule has 1 aromatic rings. The third kappa shape index (κ3) is 1.81. The molecule has 0 saturated carbocycles. The monoisotopic (exact) mass is 164 g/mol. The molecule has 0 aliphatic carbocycles. The van der Waals surface area contributed by atoms with Crippen LogP contribution in [0.5, 0.6) is 0 Å². The topological polar surface area (TPSA) is 25.8 Å². The molecule has 0 aliphatic rings. The number of hydrogen-bond acceptors (Lipinski definition) is 2. The van der Waals surface area contributed by atoms with Crippen LogP contribution in [0.2, 0.25) is 0 Å². The van der Waals surface area contributed by atoms with Crippen molar-refractivity contribution in [1.29, 1.82) is 0 Å². The second-order valence-corrected chi connectivity index (χ2v) is 2.82. The first-order chi connectivity index (χ1) is 5.81. The largest absolute Gasteiger partial charge is 0.258 e. The van der Waals surface area contributed by atoms with Crippen LogP contribution in [0.4, 0.5) is 0 Å². The minimum absolute atomic E-state index is 0.976. The summed E-state index contributed by atoms with van der Waals surface area (Å²) in [5, 5.41) is 0. The molecule has 1 aromatic heterocycles. The number of aryl methyl sites for hydroxylation is 3. The Kier molecular flexibility index (Phi) is 3.20. The molecule has 0 aliphatic heterocycles. The first-order valence-corrected chi connectivity index (χ1v) is 4.65. The molecular weight excluding hydrogens is 148 g/mol. The van der Waals surface area contributed by atoms with Gasteiger partial charge in [0.05, 0.1) is 17.1 Å². The van der Waals surface area contributed by atoms with Crippen molar-refractivity contribution < 1.29 is 0 Å². The predicted octanol–water partition coefficient (Wildman–Crippen LogP) is 2.16. The molecular formula is C10H16N2. The van der Waals surface area contributed by atoms with Gasteiger partial charge in [0, 0.05) is 6.20 Å². The zero-order valence-electron chi connectivity index (χ0n) is 8.09. The van der Waals surface area contributed by atoms with Crippen molar-refractivity contribution in [1.82, 2.24) is 9.97 Å². The molecule has 0 spiro atoms. The molecule has 2 nitrogen and oxygen atoms in total. The van der Waals surface area contributed by atoms with E-state index in [9.17, 15) is 0 Å². The van der Waals surface area contributed by atoms with E-state index in [4.69, 9.17) is 0 Å². The van der Waals surface area contributed by atoms with Crippen LogP contribution in [0.3, 0.4) is 0 Å². The van der Waals surface area contributed by atoms with E-state index in [0.29, 0.717) is 0 Å². The number of nitrogens with zero attached hydrogens (tertiary/aromatic N) is 2. The highest BCUT2D eigenvalue weighted by molar-refractivity contribution is 5.13. The summed E-state index contributed by atoms with van der Waals surface area (Å²) in [5.41, 5.74) is 3.41. The second-order valence-electron chi connectivity index (χ2n) is 2.82. The summed E-state index contributed by atoms with van der Waals surface area (Å²) in [6.07, 6.45) is 4.84. The fourth-order valence-corrected chi connectivity index (χ4v) is 1.24. The van der Waals surface area contributed by atoms with E-state index in [-0.39, 0.29) is 0 Å². The van der Waals surface area contributed by atoms with Gasteiger partial charge in [-0.3, -0.25) is 9.97 Å². The van der Waals surface area contributed by atoms with Gasteiger partial charge in [-0.1, -0.05) is 20.8 Å². The molecule has 0 aromatic carbocycles. The maximum atomic E-state index is 4.52. The molecule has 1 rings (SSSR count). The minimum atomic E-state index is 0.976. The highest BCUT2D eigenvalue weighted by Gasteiger charge is 2.02. The molecule has 0 amide bonds. The lowest BCUT2D eigenvalue weighted by atomic mass is 10.2. The molecule has 0 radical (unpaired) electrons. The van der Waals surface area contributed by atoms with Crippen molar-refractivity contribution in [2.75, 3.05) is 0 Å². The van der Waals surface area contributed by atoms with Crippen LogP contribution >= 0.6 is 0 Å². The molecule has 0 bridgehead atoms. The molecule has 0 N–H and O–H groups in total. The molecule has 0 saturated heterocycles. The summed E-state index contributed by atoms with van der Waals surface area (Å²) in [6, 6.07) is 0. The molecule has 0 fully saturated rings. The Morgan fingerprint density at radius 2 is 1.67 bits per heavy atom. The molecule has 0 unspecified atom stereocenters. The zero-order valence-corrected chi connectivity index (χ0v) is 8.09. The number of aromatic nitrogens is 2. The van der Waals surface area contributed by atoms with Crippen LogP contribution < -0.4 is 0 Å². The molecule has 1 heterocycles. The smallest absolute Gasteiger partial charge is 0.0619 e. The Morgan fingerprint density at radius 1 is 1.00 bits per heavy atom. The van der Waals surface area contributed by atoms with E-state index >= 15 is 0 Å². The predicted molar refractivity (Wildman–Crippen MR) is 50.2 cm³/mol. The van der Waals surface area contributed by atoms with Crippen LogP contribution in [0.15, 0.2) is 6.20 Å². The Morgan fingerprint density at radius 3 is 2.17 bits per heavy atom. The lowest BCUT2D eigenvalue weighted by Crippen LogP contribution is -2.01. The first-order valence-electron chi connectivity index (χ1n) is 4.65. The van der Waals surface area contributed by atoms with Gasteiger partial charge in [0.1, 0.15) is 0 Å². The van der Waals surface area contributed by atoms with Gasteiger partial charge in [-0.05, 0) is 19.3 Å². The van der Waals surface area contributed by atoms with Gasteiger partial charge in [0.15, 0.2) is 0 Å². The standard InChI is InChI=1S/C10H16N2/c1-4-8-7-11-9(5-2)10(6-3)12-8/h7H,4-6H2,1-3H3. The van der Waals surface area contributed by atoms with E-state index in [1.54, 1.807) is 0 Å². The quantitative estimate of drug-likeness (QED) is 0.684. The van der Waals surface area contributed by atoms with Crippen LogP contribution in [0, 0.1) is 0 Å². The van der Waals surface area contributed by atoms with Crippen molar-refractivity contribution in [3.8, 4) is 0 Å². The third-order valence-electron chi connectivity index (χ3n) is 2.01. The Labute approximate surface area is 74.1 Å². The van der Waals surface area contributed by atoms with Crippen molar-refractivity contribution in [3.63, 3.8) is 0 Å². The summed E-state index contributed by atoms with van der Waals surface area (Å²) in [5.74, 6) is 0. The third-order valence-corrected chi connectivity index (χ3v) is 2.01. The van der Waals surface area contributed by atoms with Gasteiger partial charge in [0.2, 0.25) is 0 Å². The highest BCUT2D eigenvalue weighted by Crippen LogP contribution is 2.06. The Balaban J connectivity index is 3.02. The number of rotatable bonds is 3. The highest BCUT2D eigenvalue weighted by atomic mass is 14.8. The van der Waals surface area contributed by atoms with E-state index in [0.717, 1.165) is 36.3 Å². The van der Waals surface area contributed by atoms with Gasteiger partial charge in [0.25, 0.3) is 0 Å². The zero-order chi connectivity index (χ0) is 8.97. The average molecular weight is 164 g/mol. The van der Waals surface area contributed by atoms with E-state index in [1.165, 1.54) is 0 Å². The van der Waals surface area contributed by atoms with Crippen molar-refractivity contribution in [2.24, 2.45) is 0 Å². The molecule has 12 heavy (non-hydrogen) atoms. The second kappa shape index (κ2) is 4.19. The normalized spacial score (nSPS) is 10.2. The van der Waals surface area contributed by atoms with Crippen molar-refractivity contribution in [2.45, 2.75) is 40.0 Å². The molecule has 66 valence electrons. The number of hydrogen-bond donors (Lipinski definition) is 0. The summed E-state index contributed by atoms with van der Waals surface area (Å²) in [4.78, 5) is 8.89. The van der Waals surface area contributed by atoms with Gasteiger partial charge >= 0.3 is 0 Å². The van der Waals surface area contributed by atoms with E-state index in [2.05, 4.69) is 30.7 Å². The Bertz CT molecular complexity index is 256. The summed E-state index contributed by atoms with van der Waals surface area (Å²) < 4.78 is 0. The van der Waals surface area contributed by atoms with Crippen LogP contribution in [0.1, 0.15) is 37.9 Å². The fourth-order valence-electron chi connectivity index (χ4n) is 1.24. The maximum Gasteiger partial charge on any atom is 0.0619 e.